The van der Waals surface area contributed by atoms with Gasteiger partial charge in [0, 0.05) is 36.2 Å². The van der Waals surface area contributed by atoms with Crippen LogP contribution in [-0.2, 0) is 16.1 Å². The molecule has 2 atom stereocenters. The van der Waals surface area contributed by atoms with Crippen molar-refractivity contribution in [3.8, 4) is 0 Å². The highest BCUT2D eigenvalue weighted by Crippen LogP contribution is 2.38. The van der Waals surface area contributed by atoms with Gasteiger partial charge in [0.2, 0.25) is 5.91 Å². The standard InChI is InChI=1S/C25H33N3O3/c1-17-12-18(14-25(2,3)13-17)26-24(31)23(30)20-15-28(21-9-5-4-8-19(20)21)16-22(29)27-10-6-7-11-27/h4-5,8-9,15,17-18H,6-7,10-14,16H2,1-3H3,(H,26,31)/t17-,18+/m1/s1. The van der Waals surface area contributed by atoms with Crippen molar-refractivity contribution >= 4 is 28.5 Å². The smallest absolute Gasteiger partial charge is 0.292 e. The van der Waals surface area contributed by atoms with E-state index in [0.717, 1.165) is 50.7 Å². The van der Waals surface area contributed by atoms with Crippen LogP contribution in [-0.4, -0.2) is 46.2 Å². The topological polar surface area (TPSA) is 71.4 Å². The maximum atomic E-state index is 13.1. The minimum atomic E-state index is -0.552. The summed E-state index contributed by atoms with van der Waals surface area (Å²) in [7, 11) is 0. The van der Waals surface area contributed by atoms with Gasteiger partial charge in [-0.05, 0) is 49.5 Å². The highest BCUT2D eigenvalue weighted by atomic mass is 16.2. The average molecular weight is 424 g/mol. The summed E-state index contributed by atoms with van der Waals surface area (Å²) in [5.74, 6) is -0.508. The number of carbonyl (C=O) groups excluding carboxylic acids is 3. The Labute approximate surface area is 184 Å². The zero-order valence-corrected chi connectivity index (χ0v) is 18.8. The summed E-state index contributed by atoms with van der Waals surface area (Å²) in [4.78, 5) is 40.5. The van der Waals surface area contributed by atoms with Crippen molar-refractivity contribution in [3.63, 3.8) is 0 Å². The van der Waals surface area contributed by atoms with E-state index in [4.69, 9.17) is 0 Å². The van der Waals surface area contributed by atoms with E-state index in [1.165, 1.54) is 0 Å². The number of aromatic nitrogens is 1. The van der Waals surface area contributed by atoms with E-state index in [1.54, 1.807) is 6.20 Å². The normalized spacial score (nSPS) is 23.1. The molecule has 1 aliphatic carbocycles. The molecule has 0 unspecified atom stereocenters. The van der Waals surface area contributed by atoms with Crippen LogP contribution >= 0.6 is 0 Å². The molecular formula is C25H33N3O3. The number of amides is 2. The van der Waals surface area contributed by atoms with Gasteiger partial charge in [0.15, 0.2) is 0 Å². The van der Waals surface area contributed by atoms with Gasteiger partial charge in [-0.3, -0.25) is 14.4 Å². The Morgan fingerprint density at radius 1 is 1.10 bits per heavy atom. The Hall–Kier alpha value is -2.63. The number of carbonyl (C=O) groups is 3. The molecule has 6 heteroatoms. The lowest BCUT2D eigenvalue weighted by Gasteiger charge is -2.39. The largest absolute Gasteiger partial charge is 0.346 e. The number of nitrogens with zero attached hydrogens (tertiary/aromatic N) is 2. The SMILES string of the molecule is C[C@@H]1C[C@H](NC(=O)C(=O)c2cn(CC(=O)N3CCCC3)c3ccccc23)CC(C)(C)C1. The molecule has 1 aromatic carbocycles. The van der Waals surface area contributed by atoms with Gasteiger partial charge in [0.1, 0.15) is 6.54 Å². The van der Waals surface area contributed by atoms with Crippen molar-refractivity contribution in [2.45, 2.75) is 65.5 Å². The average Bonchev–Trinajstić information content (AvgIpc) is 3.34. The summed E-state index contributed by atoms with van der Waals surface area (Å²) in [6, 6.07) is 7.50. The number of nitrogens with one attached hydrogen (secondary N) is 1. The summed E-state index contributed by atoms with van der Waals surface area (Å²) < 4.78 is 1.81. The number of fused-ring (bicyclic) bond motifs is 1. The van der Waals surface area contributed by atoms with Crippen molar-refractivity contribution in [2.24, 2.45) is 11.3 Å². The van der Waals surface area contributed by atoms with Gasteiger partial charge in [-0.2, -0.15) is 0 Å². The Bertz CT molecular complexity index is 1000. The highest BCUT2D eigenvalue weighted by Gasteiger charge is 2.34. The predicted molar refractivity (Wildman–Crippen MR) is 121 cm³/mol. The predicted octanol–water partition coefficient (Wildman–Crippen LogP) is 3.78. The molecule has 0 radical (unpaired) electrons. The molecule has 1 aliphatic heterocycles. The first-order valence-electron chi connectivity index (χ1n) is 11.4. The maximum absolute atomic E-state index is 13.1. The van der Waals surface area contributed by atoms with E-state index in [-0.39, 0.29) is 23.9 Å². The fraction of sp³-hybridized carbons (Fsp3) is 0.560. The minimum Gasteiger partial charge on any atom is -0.346 e. The third-order valence-corrected chi connectivity index (χ3v) is 6.73. The summed E-state index contributed by atoms with van der Waals surface area (Å²) in [5.41, 5.74) is 1.33. The molecule has 2 amide bonds. The molecule has 2 aromatic rings. The van der Waals surface area contributed by atoms with Crippen LogP contribution < -0.4 is 5.32 Å². The second kappa shape index (κ2) is 8.48. The molecule has 2 fully saturated rings. The third kappa shape index (κ3) is 4.68. The van der Waals surface area contributed by atoms with Crippen LogP contribution in [0.5, 0.6) is 0 Å². The van der Waals surface area contributed by atoms with E-state index < -0.39 is 11.7 Å². The van der Waals surface area contributed by atoms with Gasteiger partial charge in [-0.15, -0.1) is 0 Å². The molecule has 1 saturated heterocycles. The number of para-hydroxylation sites is 1. The van der Waals surface area contributed by atoms with Crippen molar-refractivity contribution in [3.05, 3.63) is 36.0 Å². The molecule has 2 aliphatic rings. The Balaban J connectivity index is 1.53. The zero-order valence-electron chi connectivity index (χ0n) is 18.8. The number of ketones is 1. The number of hydrogen-bond acceptors (Lipinski definition) is 3. The molecule has 4 rings (SSSR count). The van der Waals surface area contributed by atoms with Crippen molar-refractivity contribution < 1.29 is 14.4 Å². The summed E-state index contributed by atoms with van der Waals surface area (Å²) in [5, 5.41) is 3.71. The summed E-state index contributed by atoms with van der Waals surface area (Å²) in [6.45, 7) is 8.41. The first-order valence-corrected chi connectivity index (χ1v) is 11.4. The van der Waals surface area contributed by atoms with Crippen LogP contribution in [0.3, 0.4) is 0 Å². The molecule has 0 spiro atoms. The Morgan fingerprint density at radius 2 is 1.81 bits per heavy atom. The van der Waals surface area contributed by atoms with Gasteiger partial charge in [-0.1, -0.05) is 39.0 Å². The highest BCUT2D eigenvalue weighted by molar-refractivity contribution is 6.45. The maximum Gasteiger partial charge on any atom is 0.292 e. The van der Waals surface area contributed by atoms with Gasteiger partial charge >= 0.3 is 0 Å². The lowest BCUT2D eigenvalue weighted by Crippen LogP contribution is -2.45. The first kappa shape index (κ1) is 21.6. The van der Waals surface area contributed by atoms with E-state index >= 15 is 0 Å². The molecule has 1 N–H and O–H groups in total. The fourth-order valence-electron chi connectivity index (χ4n) is 5.60. The van der Waals surface area contributed by atoms with Crippen LogP contribution in [0, 0.1) is 11.3 Å². The monoisotopic (exact) mass is 423 g/mol. The molecule has 6 nitrogen and oxygen atoms in total. The lowest BCUT2D eigenvalue weighted by molar-refractivity contribution is -0.130. The lowest BCUT2D eigenvalue weighted by atomic mass is 9.70. The molecule has 1 saturated carbocycles. The Morgan fingerprint density at radius 3 is 2.52 bits per heavy atom. The van der Waals surface area contributed by atoms with E-state index in [2.05, 4.69) is 26.1 Å². The third-order valence-electron chi connectivity index (χ3n) is 6.73. The molecule has 0 bridgehead atoms. The molecule has 1 aromatic heterocycles. The van der Waals surface area contributed by atoms with Crippen molar-refractivity contribution in [1.29, 1.82) is 0 Å². The Kier molecular flexibility index (Phi) is 5.91. The van der Waals surface area contributed by atoms with Crippen LogP contribution in [0.15, 0.2) is 30.5 Å². The van der Waals surface area contributed by atoms with Crippen molar-refractivity contribution in [2.75, 3.05) is 13.1 Å². The quantitative estimate of drug-likeness (QED) is 0.588. The minimum absolute atomic E-state index is 0.0142. The summed E-state index contributed by atoms with van der Waals surface area (Å²) in [6.07, 6.45) is 6.66. The second-order valence-corrected chi connectivity index (χ2v) is 10.2. The van der Waals surface area contributed by atoms with Crippen LogP contribution in [0.25, 0.3) is 10.9 Å². The first-order chi connectivity index (χ1) is 14.7. The van der Waals surface area contributed by atoms with Crippen LogP contribution in [0.1, 0.15) is 63.2 Å². The molecular weight excluding hydrogens is 390 g/mol. The van der Waals surface area contributed by atoms with Gasteiger partial charge in [0.05, 0.1) is 5.56 Å². The van der Waals surface area contributed by atoms with E-state index in [1.807, 2.05) is 33.7 Å². The number of hydrogen-bond donors (Lipinski definition) is 1. The van der Waals surface area contributed by atoms with Crippen molar-refractivity contribution in [1.82, 2.24) is 14.8 Å². The molecule has 166 valence electrons. The van der Waals surface area contributed by atoms with E-state index in [0.29, 0.717) is 16.9 Å². The van der Waals surface area contributed by atoms with Crippen LogP contribution in [0.2, 0.25) is 0 Å². The second-order valence-electron chi connectivity index (χ2n) is 10.2. The van der Waals surface area contributed by atoms with Crippen LogP contribution in [0.4, 0.5) is 0 Å². The number of rotatable bonds is 5. The fourth-order valence-corrected chi connectivity index (χ4v) is 5.60. The summed E-state index contributed by atoms with van der Waals surface area (Å²) >= 11 is 0. The zero-order chi connectivity index (χ0) is 22.2. The van der Waals surface area contributed by atoms with Gasteiger partial charge < -0.3 is 14.8 Å². The number of likely N-dealkylation sites (tertiary alicyclic amines) is 1. The van der Waals surface area contributed by atoms with E-state index in [9.17, 15) is 14.4 Å². The number of Topliss-reactive ketones (excluding diaryl/α,β-unsaturated/α-hetero) is 1. The molecule has 31 heavy (non-hydrogen) atoms. The molecule has 2 heterocycles. The number of benzene rings is 1. The van der Waals surface area contributed by atoms with Gasteiger partial charge in [-0.25, -0.2) is 0 Å². The van der Waals surface area contributed by atoms with Gasteiger partial charge in [0.25, 0.3) is 11.7 Å².